The molecule has 1 rings (SSSR count). The number of pyridine rings is 1. The van der Waals surface area contributed by atoms with Gasteiger partial charge in [-0.15, -0.1) is 0 Å². The summed E-state index contributed by atoms with van der Waals surface area (Å²) in [6.07, 6.45) is 1.34. The van der Waals surface area contributed by atoms with Crippen LogP contribution in [0.3, 0.4) is 0 Å². The molecular weight excluding hydrogens is 246 g/mol. The third kappa shape index (κ3) is 3.85. The second kappa shape index (κ2) is 5.31. The van der Waals surface area contributed by atoms with Crippen LogP contribution >= 0.6 is 11.6 Å². The minimum Gasteiger partial charge on any atom is -0.397 e. The second-order valence-electron chi connectivity index (χ2n) is 3.94. The highest BCUT2D eigenvalue weighted by Crippen LogP contribution is 2.15. The summed E-state index contributed by atoms with van der Waals surface area (Å²) in [5.74, 6) is -0.511. The van der Waals surface area contributed by atoms with E-state index in [0.717, 1.165) is 0 Å². The topological polar surface area (TPSA) is 108 Å². The molecule has 0 spiro atoms. The van der Waals surface area contributed by atoms with Crippen molar-refractivity contribution in [1.82, 2.24) is 10.3 Å². The van der Waals surface area contributed by atoms with Gasteiger partial charge >= 0.3 is 0 Å². The zero-order valence-electron chi connectivity index (χ0n) is 9.27. The number of nitrogens with zero attached hydrogens (tertiary/aromatic N) is 1. The Balaban J connectivity index is 2.74. The fraction of sp³-hybridized carbons (Fsp3) is 0.400. The van der Waals surface area contributed by atoms with E-state index in [1.807, 2.05) is 0 Å². The largest absolute Gasteiger partial charge is 0.397 e. The van der Waals surface area contributed by atoms with Crippen LogP contribution in [0.2, 0.25) is 5.15 Å². The summed E-state index contributed by atoms with van der Waals surface area (Å²) >= 11 is 5.74. The van der Waals surface area contributed by atoms with Gasteiger partial charge in [-0.2, -0.15) is 0 Å². The molecule has 1 aromatic heterocycles. The highest BCUT2D eigenvalue weighted by atomic mass is 35.5. The molecule has 1 aromatic rings. The van der Waals surface area contributed by atoms with E-state index in [1.165, 1.54) is 19.2 Å². The van der Waals surface area contributed by atoms with E-state index >= 15 is 0 Å². The first-order valence-corrected chi connectivity index (χ1v) is 5.26. The number of aromatic nitrogens is 1. The molecule has 6 nitrogen and oxygen atoms in total. The minimum atomic E-state index is -1.38. The molecule has 0 radical (unpaired) electrons. The lowest BCUT2D eigenvalue weighted by atomic mass is 10.1. The number of anilines is 1. The molecule has 0 aliphatic rings. The minimum absolute atomic E-state index is 0.0281. The van der Waals surface area contributed by atoms with Crippen molar-refractivity contribution in [3.63, 3.8) is 0 Å². The third-order valence-electron chi connectivity index (χ3n) is 2.08. The van der Waals surface area contributed by atoms with Crippen LogP contribution in [0.15, 0.2) is 12.3 Å². The zero-order chi connectivity index (χ0) is 13.1. The van der Waals surface area contributed by atoms with Gasteiger partial charge in [0.1, 0.15) is 10.8 Å². The van der Waals surface area contributed by atoms with Crippen LogP contribution in [0.4, 0.5) is 5.69 Å². The Labute approximate surface area is 103 Å². The van der Waals surface area contributed by atoms with E-state index in [9.17, 15) is 9.90 Å². The van der Waals surface area contributed by atoms with Crippen molar-refractivity contribution in [2.75, 3.05) is 18.9 Å². The Hall–Kier alpha value is -1.37. The van der Waals surface area contributed by atoms with Gasteiger partial charge in [0.2, 0.25) is 0 Å². The molecule has 1 heterocycles. The lowest BCUT2D eigenvalue weighted by Gasteiger charge is -2.20. The maximum absolute atomic E-state index is 11.7. The van der Waals surface area contributed by atoms with Gasteiger partial charge in [-0.05, 0) is 13.0 Å². The number of halogens is 1. The molecule has 94 valence electrons. The Morgan fingerprint density at radius 2 is 2.35 bits per heavy atom. The van der Waals surface area contributed by atoms with Crippen molar-refractivity contribution < 1.29 is 15.0 Å². The molecule has 0 aromatic carbocycles. The summed E-state index contributed by atoms with van der Waals surface area (Å²) in [6.45, 7) is 0.830. The van der Waals surface area contributed by atoms with Crippen molar-refractivity contribution in [3.8, 4) is 0 Å². The number of nitrogens with two attached hydrogens (primary N) is 1. The molecule has 0 bridgehead atoms. The Morgan fingerprint density at radius 3 is 2.94 bits per heavy atom. The quantitative estimate of drug-likeness (QED) is 0.560. The SMILES string of the molecule is CC(O)(CO)CNC(=O)c1cc(N)cnc1Cl. The lowest BCUT2D eigenvalue weighted by Crippen LogP contribution is -2.43. The van der Waals surface area contributed by atoms with Gasteiger partial charge in [-0.1, -0.05) is 11.6 Å². The van der Waals surface area contributed by atoms with E-state index in [-0.39, 0.29) is 17.3 Å². The van der Waals surface area contributed by atoms with Crippen LogP contribution < -0.4 is 11.1 Å². The highest BCUT2D eigenvalue weighted by molar-refractivity contribution is 6.32. The number of rotatable bonds is 4. The van der Waals surface area contributed by atoms with Gasteiger partial charge in [0.15, 0.2) is 0 Å². The molecule has 0 saturated heterocycles. The number of hydrogen-bond donors (Lipinski definition) is 4. The van der Waals surface area contributed by atoms with Gasteiger partial charge in [-0.3, -0.25) is 4.79 Å². The van der Waals surface area contributed by atoms with E-state index in [1.54, 1.807) is 0 Å². The first-order chi connectivity index (χ1) is 7.85. The van der Waals surface area contributed by atoms with Crippen LogP contribution in [0, 0.1) is 0 Å². The van der Waals surface area contributed by atoms with Gasteiger partial charge in [0.05, 0.1) is 24.1 Å². The molecule has 0 fully saturated rings. The van der Waals surface area contributed by atoms with Gasteiger partial charge < -0.3 is 21.3 Å². The van der Waals surface area contributed by atoms with Gasteiger partial charge in [0.25, 0.3) is 5.91 Å². The summed E-state index contributed by atoms with van der Waals surface area (Å²) in [7, 11) is 0. The summed E-state index contributed by atoms with van der Waals surface area (Å²) in [5, 5.41) is 20.8. The average Bonchev–Trinajstić information content (AvgIpc) is 2.29. The van der Waals surface area contributed by atoms with Crippen molar-refractivity contribution >= 4 is 23.2 Å². The van der Waals surface area contributed by atoms with Crippen LogP contribution in [-0.4, -0.2) is 39.9 Å². The van der Waals surface area contributed by atoms with E-state index in [2.05, 4.69) is 10.3 Å². The van der Waals surface area contributed by atoms with Crippen LogP contribution in [0.25, 0.3) is 0 Å². The van der Waals surface area contributed by atoms with Crippen LogP contribution in [-0.2, 0) is 0 Å². The fourth-order valence-corrected chi connectivity index (χ4v) is 1.23. The maximum Gasteiger partial charge on any atom is 0.254 e. The number of nitrogens with one attached hydrogen (secondary N) is 1. The molecular formula is C10H14ClN3O3. The molecule has 1 unspecified atom stereocenters. The van der Waals surface area contributed by atoms with Crippen LogP contribution in [0.5, 0.6) is 0 Å². The molecule has 0 aliphatic heterocycles. The number of carbonyl (C=O) groups excluding carboxylic acids is 1. The Kier molecular flexibility index (Phi) is 4.28. The predicted molar refractivity (Wildman–Crippen MR) is 63.7 cm³/mol. The van der Waals surface area contributed by atoms with Gasteiger partial charge in [0, 0.05) is 6.54 Å². The summed E-state index contributed by atoms with van der Waals surface area (Å²) in [5.41, 5.74) is 4.54. The monoisotopic (exact) mass is 259 g/mol. The maximum atomic E-state index is 11.7. The summed E-state index contributed by atoms with van der Waals surface area (Å²) in [6, 6.07) is 1.39. The second-order valence-corrected chi connectivity index (χ2v) is 4.30. The summed E-state index contributed by atoms with van der Waals surface area (Å²) in [4.78, 5) is 15.4. The molecule has 7 heteroatoms. The van der Waals surface area contributed by atoms with Crippen LogP contribution in [0.1, 0.15) is 17.3 Å². The molecule has 0 saturated carbocycles. The highest BCUT2D eigenvalue weighted by Gasteiger charge is 2.21. The first-order valence-electron chi connectivity index (χ1n) is 4.88. The molecule has 5 N–H and O–H groups in total. The standard InChI is InChI=1S/C10H14ClN3O3/c1-10(17,5-15)4-14-9(16)7-2-6(12)3-13-8(7)11/h2-3,15,17H,4-5,12H2,1H3,(H,14,16). The fourth-order valence-electron chi connectivity index (χ4n) is 1.05. The number of aliphatic hydroxyl groups excluding tert-OH is 1. The lowest BCUT2D eigenvalue weighted by molar-refractivity contribution is 0.00320. The number of aliphatic hydroxyl groups is 2. The third-order valence-corrected chi connectivity index (χ3v) is 2.38. The van der Waals surface area contributed by atoms with Crippen molar-refractivity contribution in [2.24, 2.45) is 0 Å². The van der Waals surface area contributed by atoms with Crippen molar-refractivity contribution in [2.45, 2.75) is 12.5 Å². The van der Waals surface area contributed by atoms with Crippen molar-refractivity contribution in [1.29, 1.82) is 0 Å². The predicted octanol–water partition coefficient (Wildman–Crippen LogP) is -0.210. The summed E-state index contributed by atoms with van der Waals surface area (Å²) < 4.78 is 0. The molecule has 1 amide bonds. The van der Waals surface area contributed by atoms with Gasteiger partial charge in [-0.25, -0.2) is 4.98 Å². The number of carbonyl (C=O) groups is 1. The number of amides is 1. The Bertz CT molecular complexity index is 423. The van der Waals surface area contributed by atoms with E-state index < -0.39 is 18.1 Å². The zero-order valence-corrected chi connectivity index (χ0v) is 10.0. The Morgan fingerprint density at radius 1 is 1.71 bits per heavy atom. The molecule has 1 atom stereocenters. The van der Waals surface area contributed by atoms with E-state index in [0.29, 0.717) is 5.69 Å². The molecule has 0 aliphatic carbocycles. The van der Waals surface area contributed by atoms with Crippen molar-refractivity contribution in [3.05, 3.63) is 23.0 Å². The number of hydrogen-bond acceptors (Lipinski definition) is 5. The molecule has 17 heavy (non-hydrogen) atoms. The van der Waals surface area contributed by atoms with E-state index in [4.69, 9.17) is 22.4 Å². The number of nitrogen functional groups attached to an aromatic ring is 1. The average molecular weight is 260 g/mol. The smallest absolute Gasteiger partial charge is 0.254 e. The first kappa shape index (κ1) is 13.7. The normalized spacial score (nSPS) is 14.1.